The molecule has 0 heterocycles. The number of methoxy groups -OCH3 is 1. The van der Waals surface area contributed by atoms with Crippen LogP contribution in [0.15, 0.2) is 12.1 Å². The fourth-order valence-electron chi connectivity index (χ4n) is 2.54. The van der Waals surface area contributed by atoms with E-state index in [9.17, 15) is 19.2 Å². The fraction of sp³-hybridized carbons (Fsp3) is 0.476. The van der Waals surface area contributed by atoms with Crippen LogP contribution < -0.4 is 20.7 Å². The van der Waals surface area contributed by atoms with Gasteiger partial charge in [-0.2, -0.15) is 0 Å². The van der Waals surface area contributed by atoms with Crippen molar-refractivity contribution in [2.24, 2.45) is 0 Å². The molecule has 0 radical (unpaired) electrons. The Bertz CT molecular complexity index is 796. The van der Waals surface area contributed by atoms with Gasteiger partial charge in [0, 0.05) is 12.5 Å². The number of carboxylic acid groups (broad SMARTS) is 1. The monoisotopic (exact) mass is 437 g/mol. The minimum atomic E-state index is -0.848. The number of rotatable bonds is 8. The molecule has 0 aliphatic heterocycles. The first-order chi connectivity index (χ1) is 14.3. The molecular formula is C21H31N3O7. The number of amides is 3. The Labute approximate surface area is 181 Å². The predicted octanol–water partition coefficient (Wildman–Crippen LogP) is 0.730. The normalized spacial score (nSPS) is 12.7. The van der Waals surface area contributed by atoms with Crippen LogP contribution in [0.1, 0.15) is 49.2 Å². The molecule has 0 aromatic heterocycles. The Hall–Kier alpha value is -3.43. The highest BCUT2D eigenvalue weighted by molar-refractivity contribution is 5.98. The average molecular weight is 437 g/mol. The first-order valence-electron chi connectivity index (χ1n) is 9.55. The van der Waals surface area contributed by atoms with Crippen molar-refractivity contribution < 1.29 is 33.8 Å². The van der Waals surface area contributed by atoms with E-state index in [-0.39, 0.29) is 0 Å². The molecule has 10 nitrogen and oxygen atoms in total. The summed E-state index contributed by atoms with van der Waals surface area (Å²) in [6.45, 7) is 9.30. The molecule has 0 saturated carbocycles. The maximum absolute atomic E-state index is 12.4. The SMILES string of the molecule is CC(=O)O.COc1c(C)cc(C(=O)N[C@@H](C)C(=O)NC(C)C(=O)N[C@@H](C)C=O)cc1C. The quantitative estimate of drug-likeness (QED) is 0.438. The largest absolute Gasteiger partial charge is 0.496 e. The third kappa shape index (κ3) is 9.75. The van der Waals surface area contributed by atoms with Gasteiger partial charge in [-0.1, -0.05) is 0 Å². The minimum absolute atomic E-state index is 0.404. The van der Waals surface area contributed by atoms with Crippen molar-refractivity contribution in [1.82, 2.24) is 16.0 Å². The van der Waals surface area contributed by atoms with Crippen molar-refractivity contribution >= 4 is 30.0 Å². The lowest BCUT2D eigenvalue weighted by Gasteiger charge is -2.19. The Morgan fingerprint density at radius 2 is 1.35 bits per heavy atom. The molecule has 10 heteroatoms. The second-order valence-electron chi connectivity index (χ2n) is 7.02. The van der Waals surface area contributed by atoms with Gasteiger partial charge >= 0.3 is 0 Å². The Balaban J connectivity index is 0.00000206. The van der Waals surface area contributed by atoms with Gasteiger partial charge in [0.15, 0.2) is 0 Å². The zero-order valence-electron chi connectivity index (χ0n) is 18.9. The van der Waals surface area contributed by atoms with Crippen molar-refractivity contribution in [3.05, 3.63) is 28.8 Å². The summed E-state index contributed by atoms with van der Waals surface area (Å²) in [7, 11) is 1.56. The highest BCUT2D eigenvalue weighted by Crippen LogP contribution is 2.24. The lowest BCUT2D eigenvalue weighted by molar-refractivity contribution is -0.134. The molecule has 1 aromatic carbocycles. The molecule has 0 aliphatic rings. The third-order valence-corrected chi connectivity index (χ3v) is 3.99. The van der Waals surface area contributed by atoms with E-state index < -0.39 is 41.8 Å². The summed E-state index contributed by atoms with van der Waals surface area (Å²) in [6, 6.07) is 1.03. The summed E-state index contributed by atoms with van der Waals surface area (Å²) in [6.07, 6.45) is 0.591. The van der Waals surface area contributed by atoms with Crippen molar-refractivity contribution in [1.29, 1.82) is 0 Å². The van der Waals surface area contributed by atoms with Crippen LogP contribution in [0.2, 0.25) is 0 Å². The van der Waals surface area contributed by atoms with Gasteiger partial charge in [-0.15, -0.1) is 0 Å². The first kappa shape index (κ1) is 27.6. The molecule has 0 aliphatic carbocycles. The highest BCUT2D eigenvalue weighted by atomic mass is 16.5. The smallest absolute Gasteiger partial charge is 0.300 e. The van der Waals surface area contributed by atoms with Gasteiger partial charge in [0.1, 0.15) is 24.1 Å². The van der Waals surface area contributed by atoms with Gasteiger partial charge in [-0.3, -0.25) is 19.2 Å². The summed E-state index contributed by atoms with van der Waals surface area (Å²) in [5.41, 5.74) is 2.04. The van der Waals surface area contributed by atoms with Crippen molar-refractivity contribution in [2.45, 2.75) is 59.7 Å². The molecule has 4 N–H and O–H groups in total. The van der Waals surface area contributed by atoms with Crippen LogP contribution in [-0.4, -0.2) is 60.3 Å². The average Bonchev–Trinajstić information content (AvgIpc) is 2.66. The number of aliphatic carboxylic acids is 1. The fourth-order valence-corrected chi connectivity index (χ4v) is 2.54. The van der Waals surface area contributed by atoms with E-state index in [1.807, 2.05) is 13.8 Å². The molecular weight excluding hydrogens is 406 g/mol. The van der Waals surface area contributed by atoms with Crippen LogP contribution in [0.5, 0.6) is 5.75 Å². The van der Waals surface area contributed by atoms with Crippen LogP contribution >= 0.6 is 0 Å². The molecule has 0 bridgehead atoms. The molecule has 3 atom stereocenters. The number of aryl methyl sites for hydroxylation is 2. The molecule has 1 unspecified atom stereocenters. The van der Waals surface area contributed by atoms with Crippen LogP contribution in [0.3, 0.4) is 0 Å². The van der Waals surface area contributed by atoms with Gasteiger partial charge in [-0.05, 0) is 57.9 Å². The topological polar surface area (TPSA) is 151 Å². The Morgan fingerprint density at radius 3 is 1.77 bits per heavy atom. The maximum Gasteiger partial charge on any atom is 0.300 e. The minimum Gasteiger partial charge on any atom is -0.496 e. The van der Waals surface area contributed by atoms with E-state index in [2.05, 4.69) is 16.0 Å². The van der Waals surface area contributed by atoms with Crippen LogP contribution in [0.4, 0.5) is 0 Å². The summed E-state index contributed by atoms with van der Waals surface area (Å²) in [5, 5.41) is 15.0. The lowest BCUT2D eigenvalue weighted by Crippen LogP contribution is -2.52. The number of hydrogen-bond acceptors (Lipinski definition) is 6. The van der Waals surface area contributed by atoms with Crippen molar-refractivity contribution in [2.75, 3.05) is 7.11 Å². The molecule has 0 spiro atoms. The molecule has 0 fully saturated rings. The number of ether oxygens (including phenoxy) is 1. The number of carbonyl (C=O) groups excluding carboxylic acids is 4. The van der Waals surface area contributed by atoms with E-state index in [1.165, 1.54) is 20.8 Å². The number of hydrogen-bond donors (Lipinski definition) is 4. The first-order valence-corrected chi connectivity index (χ1v) is 9.55. The van der Waals surface area contributed by atoms with Crippen molar-refractivity contribution in [3.8, 4) is 5.75 Å². The predicted molar refractivity (Wildman–Crippen MR) is 114 cm³/mol. The lowest BCUT2D eigenvalue weighted by atomic mass is 10.0. The second kappa shape index (κ2) is 13.0. The van der Waals surface area contributed by atoms with Gasteiger partial charge < -0.3 is 30.6 Å². The number of carboxylic acids is 1. The van der Waals surface area contributed by atoms with E-state index in [1.54, 1.807) is 19.2 Å². The zero-order chi connectivity index (χ0) is 24.3. The molecule has 1 rings (SSSR count). The molecule has 31 heavy (non-hydrogen) atoms. The molecule has 0 saturated heterocycles. The standard InChI is InChI=1S/C19H27N3O5.C2H4O2/c1-10-7-15(8-11(2)16(10)27-6)19(26)22-14(5)18(25)21-13(4)17(24)20-12(3)9-23;1-2(3)4/h7-9,12-14H,1-6H3,(H,20,24)(H,21,25)(H,22,26);1H3,(H,3,4)/t12-,13?,14-;/m0./s1. The molecule has 1 aromatic rings. The maximum atomic E-state index is 12.4. The van der Waals surface area contributed by atoms with Gasteiger partial charge in [0.05, 0.1) is 13.2 Å². The van der Waals surface area contributed by atoms with Crippen LogP contribution in [0, 0.1) is 13.8 Å². The van der Waals surface area contributed by atoms with E-state index >= 15 is 0 Å². The van der Waals surface area contributed by atoms with Crippen LogP contribution in [-0.2, 0) is 19.2 Å². The van der Waals surface area contributed by atoms with Gasteiger partial charge in [0.25, 0.3) is 11.9 Å². The molecule has 172 valence electrons. The summed E-state index contributed by atoms with van der Waals surface area (Å²) < 4.78 is 5.28. The number of aldehydes is 1. The highest BCUT2D eigenvalue weighted by Gasteiger charge is 2.22. The number of carbonyl (C=O) groups is 5. The van der Waals surface area contributed by atoms with Crippen LogP contribution in [0.25, 0.3) is 0 Å². The number of benzene rings is 1. The summed E-state index contributed by atoms with van der Waals surface area (Å²) >= 11 is 0. The van der Waals surface area contributed by atoms with Gasteiger partial charge in [0.2, 0.25) is 11.8 Å². The number of nitrogens with one attached hydrogen (secondary N) is 3. The molecule has 3 amide bonds. The zero-order valence-corrected chi connectivity index (χ0v) is 18.9. The van der Waals surface area contributed by atoms with Gasteiger partial charge in [-0.25, -0.2) is 0 Å². The van der Waals surface area contributed by atoms with E-state index in [4.69, 9.17) is 14.6 Å². The van der Waals surface area contributed by atoms with E-state index in [0.29, 0.717) is 17.6 Å². The second-order valence-corrected chi connectivity index (χ2v) is 7.02. The van der Waals surface area contributed by atoms with E-state index in [0.717, 1.165) is 18.1 Å². The Morgan fingerprint density at radius 1 is 0.935 bits per heavy atom. The van der Waals surface area contributed by atoms with Crippen molar-refractivity contribution in [3.63, 3.8) is 0 Å². The Kier molecular flexibility index (Phi) is 11.6. The summed E-state index contributed by atoms with van der Waals surface area (Å²) in [4.78, 5) is 56.1. The third-order valence-electron chi connectivity index (χ3n) is 3.99. The summed E-state index contributed by atoms with van der Waals surface area (Å²) in [5.74, 6) is -1.52.